The van der Waals surface area contributed by atoms with Crippen LogP contribution in [0.5, 0.6) is 0 Å². The number of fused-ring (bicyclic) bond motifs is 1. The summed E-state index contributed by atoms with van der Waals surface area (Å²) in [7, 11) is 1.81. The average molecular weight is 213 g/mol. The number of nitrogen functional groups attached to an aromatic ring is 1. The molecule has 7 heteroatoms. The van der Waals surface area contributed by atoms with E-state index in [0.29, 0.717) is 23.5 Å². The number of hydrogen-bond donors (Lipinski definition) is 2. The minimum absolute atomic E-state index is 0.133. The predicted molar refractivity (Wildman–Crippen MR) is 53.6 cm³/mol. The lowest BCUT2D eigenvalue weighted by Crippen LogP contribution is -2.05. The smallest absolute Gasteiger partial charge is 0.223 e. The van der Waals surface area contributed by atoms with Crippen LogP contribution in [0.25, 0.3) is 11.2 Å². The molecule has 2 aromatic heterocycles. The summed E-state index contributed by atoms with van der Waals surface area (Å²) >= 11 is 5.86. The van der Waals surface area contributed by atoms with Gasteiger partial charge in [0, 0.05) is 7.05 Å². The van der Waals surface area contributed by atoms with Crippen molar-refractivity contribution >= 4 is 28.7 Å². The number of imidazole rings is 1. The summed E-state index contributed by atoms with van der Waals surface area (Å²) in [4.78, 5) is 12.0. The van der Waals surface area contributed by atoms with Crippen molar-refractivity contribution in [3.05, 3.63) is 11.0 Å². The van der Waals surface area contributed by atoms with Gasteiger partial charge in [-0.3, -0.25) is 0 Å². The fourth-order valence-electron chi connectivity index (χ4n) is 1.27. The van der Waals surface area contributed by atoms with Gasteiger partial charge in [0.25, 0.3) is 0 Å². The van der Waals surface area contributed by atoms with Crippen LogP contribution in [0.3, 0.4) is 0 Å². The van der Waals surface area contributed by atoms with Crippen molar-refractivity contribution < 1.29 is 0 Å². The minimum atomic E-state index is 0.133. The fourth-order valence-corrected chi connectivity index (χ4v) is 1.48. The van der Waals surface area contributed by atoms with E-state index in [1.165, 1.54) is 0 Å². The topological polar surface area (TPSA) is 95.6 Å². The molecule has 6 nitrogen and oxygen atoms in total. The first-order chi connectivity index (χ1) is 6.63. The standard InChI is InChI=1S/C7H9ClN6/c1-14-3(2-9)11-4-5(8)12-7(10)13-6(4)14/h2,9H2,1H3,(H2,10,12,13). The Morgan fingerprint density at radius 2 is 2.07 bits per heavy atom. The number of halogens is 1. The molecule has 0 radical (unpaired) electrons. The second kappa shape index (κ2) is 3.07. The molecular weight excluding hydrogens is 204 g/mol. The number of rotatable bonds is 1. The Morgan fingerprint density at radius 3 is 2.71 bits per heavy atom. The van der Waals surface area contributed by atoms with E-state index >= 15 is 0 Å². The molecule has 14 heavy (non-hydrogen) atoms. The molecule has 0 unspecified atom stereocenters. The van der Waals surface area contributed by atoms with E-state index in [4.69, 9.17) is 23.1 Å². The van der Waals surface area contributed by atoms with Gasteiger partial charge in [-0.1, -0.05) is 11.6 Å². The Bertz CT molecular complexity index is 490. The molecule has 0 amide bonds. The maximum atomic E-state index is 5.86. The van der Waals surface area contributed by atoms with Gasteiger partial charge in [-0.05, 0) is 0 Å². The van der Waals surface area contributed by atoms with Crippen molar-refractivity contribution in [3.8, 4) is 0 Å². The molecule has 0 spiro atoms. The Balaban J connectivity index is 2.85. The number of nitrogens with zero attached hydrogens (tertiary/aromatic N) is 4. The maximum Gasteiger partial charge on any atom is 0.223 e. The monoisotopic (exact) mass is 212 g/mol. The van der Waals surface area contributed by atoms with Gasteiger partial charge in [-0.25, -0.2) is 4.98 Å². The van der Waals surface area contributed by atoms with E-state index in [9.17, 15) is 0 Å². The lowest BCUT2D eigenvalue weighted by atomic mass is 10.5. The number of aromatic nitrogens is 4. The van der Waals surface area contributed by atoms with Crippen molar-refractivity contribution in [1.29, 1.82) is 0 Å². The molecule has 0 aliphatic rings. The van der Waals surface area contributed by atoms with Crippen LogP contribution in [0.4, 0.5) is 5.95 Å². The lowest BCUT2D eigenvalue weighted by molar-refractivity contribution is 0.806. The molecule has 2 aromatic rings. The first-order valence-corrected chi connectivity index (χ1v) is 4.35. The molecule has 0 bridgehead atoms. The highest BCUT2D eigenvalue weighted by atomic mass is 35.5. The van der Waals surface area contributed by atoms with Crippen molar-refractivity contribution in [3.63, 3.8) is 0 Å². The quantitative estimate of drug-likeness (QED) is 0.652. The highest BCUT2D eigenvalue weighted by molar-refractivity contribution is 6.33. The van der Waals surface area contributed by atoms with Crippen molar-refractivity contribution in [1.82, 2.24) is 19.5 Å². The third kappa shape index (κ3) is 1.19. The van der Waals surface area contributed by atoms with Gasteiger partial charge in [-0.2, -0.15) is 9.97 Å². The summed E-state index contributed by atoms with van der Waals surface area (Å²) in [5.74, 6) is 0.830. The number of hydrogen-bond acceptors (Lipinski definition) is 5. The molecule has 2 rings (SSSR count). The molecule has 74 valence electrons. The highest BCUT2D eigenvalue weighted by Gasteiger charge is 2.12. The van der Waals surface area contributed by atoms with Crippen LogP contribution in [0.1, 0.15) is 5.82 Å². The van der Waals surface area contributed by atoms with Crippen LogP contribution in [0.15, 0.2) is 0 Å². The van der Waals surface area contributed by atoms with Crippen LogP contribution in [0.2, 0.25) is 5.15 Å². The molecule has 4 N–H and O–H groups in total. The molecule has 0 saturated carbocycles. The van der Waals surface area contributed by atoms with E-state index in [1.807, 2.05) is 0 Å². The van der Waals surface area contributed by atoms with E-state index in [0.717, 1.165) is 0 Å². The van der Waals surface area contributed by atoms with Gasteiger partial charge in [0.05, 0.1) is 6.54 Å². The SMILES string of the molecule is Cn1c(CN)nc2c(Cl)nc(N)nc21. The normalized spacial score (nSPS) is 11.1. The molecular formula is C7H9ClN6. The predicted octanol–water partition coefficient (Wildman–Crippen LogP) is 0.0576. The molecule has 0 saturated heterocycles. The van der Waals surface area contributed by atoms with Crippen LogP contribution in [-0.2, 0) is 13.6 Å². The summed E-state index contributed by atoms with van der Waals surface area (Å²) in [6.45, 7) is 0.323. The van der Waals surface area contributed by atoms with Crippen LogP contribution in [-0.4, -0.2) is 19.5 Å². The van der Waals surface area contributed by atoms with Crippen LogP contribution in [0, 0.1) is 0 Å². The summed E-state index contributed by atoms with van der Waals surface area (Å²) in [5.41, 5.74) is 12.1. The summed E-state index contributed by atoms with van der Waals surface area (Å²) in [5, 5.41) is 0.253. The molecule has 0 atom stereocenters. The van der Waals surface area contributed by atoms with Crippen LogP contribution >= 0.6 is 11.6 Å². The molecule has 0 aromatic carbocycles. The summed E-state index contributed by atoms with van der Waals surface area (Å²) < 4.78 is 1.75. The van der Waals surface area contributed by atoms with Gasteiger partial charge in [0.2, 0.25) is 5.95 Å². The van der Waals surface area contributed by atoms with E-state index in [1.54, 1.807) is 11.6 Å². The summed E-state index contributed by atoms with van der Waals surface area (Å²) in [6, 6.07) is 0. The van der Waals surface area contributed by atoms with Crippen LogP contribution < -0.4 is 11.5 Å². The van der Waals surface area contributed by atoms with Gasteiger partial charge in [0.1, 0.15) is 11.3 Å². The maximum absolute atomic E-state index is 5.86. The number of nitrogens with two attached hydrogens (primary N) is 2. The van der Waals surface area contributed by atoms with E-state index < -0.39 is 0 Å². The second-order valence-corrected chi connectivity index (χ2v) is 3.19. The van der Waals surface area contributed by atoms with Crippen molar-refractivity contribution in [2.45, 2.75) is 6.54 Å². The number of anilines is 1. The third-order valence-corrected chi connectivity index (χ3v) is 2.23. The number of aryl methyl sites for hydroxylation is 1. The highest BCUT2D eigenvalue weighted by Crippen LogP contribution is 2.20. The Hall–Kier alpha value is -1.40. The van der Waals surface area contributed by atoms with Gasteiger partial charge in [0.15, 0.2) is 10.8 Å². The minimum Gasteiger partial charge on any atom is -0.368 e. The third-order valence-electron chi connectivity index (χ3n) is 1.97. The zero-order valence-corrected chi connectivity index (χ0v) is 8.28. The summed E-state index contributed by atoms with van der Waals surface area (Å²) in [6.07, 6.45) is 0. The molecule has 0 aliphatic heterocycles. The van der Waals surface area contributed by atoms with Gasteiger partial charge in [-0.15, -0.1) is 0 Å². The largest absolute Gasteiger partial charge is 0.368 e. The Morgan fingerprint density at radius 1 is 1.36 bits per heavy atom. The fraction of sp³-hybridized carbons (Fsp3) is 0.286. The Kier molecular flexibility index (Phi) is 2.01. The Labute approximate surface area is 84.9 Å². The van der Waals surface area contributed by atoms with Crippen molar-refractivity contribution in [2.24, 2.45) is 12.8 Å². The zero-order valence-electron chi connectivity index (χ0n) is 7.53. The lowest BCUT2D eigenvalue weighted by Gasteiger charge is -1.98. The van der Waals surface area contributed by atoms with Gasteiger partial charge < -0.3 is 16.0 Å². The van der Waals surface area contributed by atoms with Gasteiger partial charge >= 0.3 is 0 Å². The van der Waals surface area contributed by atoms with E-state index in [-0.39, 0.29) is 11.1 Å². The first-order valence-electron chi connectivity index (χ1n) is 3.98. The second-order valence-electron chi connectivity index (χ2n) is 2.84. The molecule has 0 aliphatic carbocycles. The zero-order chi connectivity index (χ0) is 10.3. The molecule has 0 fully saturated rings. The molecule has 2 heterocycles. The van der Waals surface area contributed by atoms with E-state index in [2.05, 4.69) is 15.0 Å². The average Bonchev–Trinajstić information content (AvgIpc) is 2.44. The van der Waals surface area contributed by atoms with Crippen molar-refractivity contribution in [2.75, 3.05) is 5.73 Å². The first kappa shape index (κ1) is 9.17.